The van der Waals surface area contributed by atoms with Gasteiger partial charge in [0.1, 0.15) is 0 Å². The zero-order valence-corrected chi connectivity index (χ0v) is 8.76. The van der Waals surface area contributed by atoms with E-state index in [1.165, 1.54) is 22.3 Å². The number of hydrogen-bond acceptors (Lipinski definition) is 2. The van der Waals surface area contributed by atoms with Crippen LogP contribution in [-0.4, -0.2) is 0 Å². The highest BCUT2D eigenvalue weighted by atomic mass is 32.1. The van der Waals surface area contributed by atoms with Gasteiger partial charge in [-0.3, -0.25) is 0 Å². The normalized spacial score (nSPS) is 10.5. The first-order valence-corrected chi connectivity index (χ1v) is 5.73. The largest absolute Gasteiger partial charge is 0.151 e. The molecule has 0 aromatic carbocycles. The quantitative estimate of drug-likeness (QED) is 0.641. The van der Waals surface area contributed by atoms with Crippen LogP contribution >= 0.6 is 22.7 Å². The molecule has 2 heteroatoms. The van der Waals surface area contributed by atoms with Crippen molar-refractivity contribution in [1.82, 2.24) is 0 Å². The Morgan fingerprint density at radius 3 is 1.42 bits per heavy atom. The summed E-state index contributed by atoms with van der Waals surface area (Å²) >= 11 is 3.56. The van der Waals surface area contributed by atoms with E-state index in [4.69, 9.17) is 0 Å². The zero-order valence-electron chi connectivity index (χ0n) is 7.13. The van der Waals surface area contributed by atoms with Gasteiger partial charge in [0, 0.05) is 0 Å². The molecule has 0 atom stereocenters. The second-order valence-electron chi connectivity index (χ2n) is 2.94. The maximum absolute atomic E-state index is 2.23. The lowest BCUT2D eigenvalue weighted by molar-refractivity contribution is 1.49. The first-order valence-electron chi connectivity index (χ1n) is 3.85. The number of rotatable bonds is 1. The summed E-state index contributed by atoms with van der Waals surface area (Å²) in [7, 11) is 0. The molecule has 0 aliphatic heterocycles. The highest BCUT2D eigenvalue weighted by Gasteiger charge is 2.05. The highest BCUT2D eigenvalue weighted by molar-refractivity contribution is 7.09. The van der Waals surface area contributed by atoms with Gasteiger partial charge >= 0.3 is 0 Å². The Kier molecular flexibility index (Phi) is 2.03. The molecule has 12 heavy (non-hydrogen) atoms. The summed E-state index contributed by atoms with van der Waals surface area (Å²) in [5, 5.41) is 8.85. The summed E-state index contributed by atoms with van der Waals surface area (Å²) in [5.41, 5.74) is 5.58. The number of thiophene rings is 2. The Balaban J connectivity index is 2.57. The van der Waals surface area contributed by atoms with Crippen molar-refractivity contribution in [3.63, 3.8) is 0 Å². The fourth-order valence-electron chi connectivity index (χ4n) is 1.27. The van der Waals surface area contributed by atoms with E-state index in [9.17, 15) is 0 Å². The van der Waals surface area contributed by atoms with Crippen LogP contribution in [0.5, 0.6) is 0 Å². The number of aryl methyl sites for hydroxylation is 2. The Bertz CT molecular complexity index is 344. The molecule has 0 saturated carbocycles. The molecular formula is C10H10S2. The summed E-state index contributed by atoms with van der Waals surface area (Å²) in [5.74, 6) is 0. The average Bonchev–Trinajstić information content (AvgIpc) is 2.59. The van der Waals surface area contributed by atoms with Gasteiger partial charge in [0.2, 0.25) is 0 Å². The van der Waals surface area contributed by atoms with Crippen LogP contribution in [0.3, 0.4) is 0 Å². The van der Waals surface area contributed by atoms with E-state index in [0.29, 0.717) is 0 Å². The second kappa shape index (κ2) is 3.04. The lowest BCUT2D eigenvalue weighted by atomic mass is 10.1. The molecule has 0 bridgehead atoms. The summed E-state index contributed by atoms with van der Waals surface area (Å²) in [6.45, 7) is 4.34. The predicted octanol–water partition coefficient (Wildman–Crippen LogP) is 4.09. The van der Waals surface area contributed by atoms with Crippen molar-refractivity contribution in [2.75, 3.05) is 0 Å². The molecule has 2 heterocycles. The van der Waals surface area contributed by atoms with E-state index in [1.54, 1.807) is 22.7 Å². The van der Waals surface area contributed by atoms with Gasteiger partial charge in [0.05, 0.1) is 0 Å². The van der Waals surface area contributed by atoms with Crippen molar-refractivity contribution in [3.05, 3.63) is 32.6 Å². The lowest BCUT2D eigenvalue weighted by Gasteiger charge is -1.97. The molecule has 0 nitrogen and oxygen atoms in total. The predicted molar refractivity (Wildman–Crippen MR) is 57.1 cm³/mol. The van der Waals surface area contributed by atoms with Crippen LogP contribution in [0.1, 0.15) is 11.1 Å². The van der Waals surface area contributed by atoms with E-state index >= 15 is 0 Å². The van der Waals surface area contributed by atoms with Gasteiger partial charge in [-0.2, -0.15) is 22.7 Å². The third-order valence-electron chi connectivity index (χ3n) is 2.00. The first-order chi connectivity index (χ1) is 5.79. The van der Waals surface area contributed by atoms with Crippen LogP contribution in [0.2, 0.25) is 0 Å². The van der Waals surface area contributed by atoms with Crippen molar-refractivity contribution < 1.29 is 0 Å². The summed E-state index contributed by atoms with van der Waals surface area (Å²) in [6, 6.07) is 0. The summed E-state index contributed by atoms with van der Waals surface area (Å²) in [6.07, 6.45) is 0. The number of hydrogen-bond donors (Lipinski definition) is 0. The van der Waals surface area contributed by atoms with E-state index in [1.807, 2.05) is 0 Å². The molecule has 2 aromatic rings. The lowest BCUT2D eigenvalue weighted by Crippen LogP contribution is -1.75. The van der Waals surface area contributed by atoms with Gasteiger partial charge in [0.15, 0.2) is 0 Å². The molecule has 62 valence electrons. The van der Waals surface area contributed by atoms with Crippen molar-refractivity contribution >= 4 is 22.7 Å². The molecule has 0 aliphatic rings. The van der Waals surface area contributed by atoms with Crippen LogP contribution in [0.15, 0.2) is 21.5 Å². The minimum atomic E-state index is 1.39. The van der Waals surface area contributed by atoms with Crippen LogP contribution in [0.4, 0.5) is 0 Å². The van der Waals surface area contributed by atoms with Gasteiger partial charge in [-0.1, -0.05) is 0 Å². The Morgan fingerprint density at radius 2 is 1.17 bits per heavy atom. The molecule has 2 aromatic heterocycles. The van der Waals surface area contributed by atoms with E-state index in [0.717, 1.165) is 0 Å². The standard InChI is InChI=1S/C10H10S2/c1-7-3-11-5-9(7)10-6-12-4-8(10)2/h3-6H,1-2H3. The maximum atomic E-state index is 2.23. The fraction of sp³-hybridized carbons (Fsp3) is 0.200. The van der Waals surface area contributed by atoms with E-state index in [2.05, 4.69) is 35.4 Å². The van der Waals surface area contributed by atoms with Crippen LogP contribution in [0, 0.1) is 13.8 Å². The van der Waals surface area contributed by atoms with Gasteiger partial charge in [-0.15, -0.1) is 0 Å². The Hall–Kier alpha value is -0.600. The molecule has 0 N–H and O–H groups in total. The van der Waals surface area contributed by atoms with Gasteiger partial charge < -0.3 is 0 Å². The third-order valence-corrected chi connectivity index (χ3v) is 3.72. The second-order valence-corrected chi connectivity index (χ2v) is 4.42. The molecule has 0 spiro atoms. The van der Waals surface area contributed by atoms with Gasteiger partial charge in [-0.25, -0.2) is 0 Å². The monoisotopic (exact) mass is 194 g/mol. The minimum absolute atomic E-state index is 1.39. The molecule has 0 unspecified atom stereocenters. The average molecular weight is 194 g/mol. The molecule has 0 radical (unpaired) electrons. The minimum Gasteiger partial charge on any atom is -0.151 e. The SMILES string of the molecule is Cc1cscc1-c1cscc1C. The molecule has 0 saturated heterocycles. The van der Waals surface area contributed by atoms with Gasteiger partial charge in [0.25, 0.3) is 0 Å². The van der Waals surface area contributed by atoms with Crippen molar-refractivity contribution in [3.8, 4) is 11.1 Å². The first kappa shape index (κ1) is 8.02. The van der Waals surface area contributed by atoms with Crippen LogP contribution in [-0.2, 0) is 0 Å². The molecular weight excluding hydrogens is 184 g/mol. The van der Waals surface area contributed by atoms with Crippen molar-refractivity contribution in [1.29, 1.82) is 0 Å². The van der Waals surface area contributed by atoms with Crippen molar-refractivity contribution in [2.24, 2.45) is 0 Å². The van der Waals surface area contributed by atoms with Gasteiger partial charge in [-0.05, 0) is 57.6 Å². The maximum Gasteiger partial charge on any atom is -0.00116 e. The fourth-order valence-corrected chi connectivity index (χ4v) is 2.97. The molecule has 0 fully saturated rings. The van der Waals surface area contributed by atoms with Crippen molar-refractivity contribution in [2.45, 2.75) is 13.8 Å². The summed E-state index contributed by atoms with van der Waals surface area (Å²) < 4.78 is 0. The van der Waals surface area contributed by atoms with E-state index in [-0.39, 0.29) is 0 Å². The van der Waals surface area contributed by atoms with E-state index < -0.39 is 0 Å². The summed E-state index contributed by atoms with van der Waals surface area (Å²) in [4.78, 5) is 0. The van der Waals surface area contributed by atoms with Crippen LogP contribution < -0.4 is 0 Å². The van der Waals surface area contributed by atoms with Crippen LogP contribution in [0.25, 0.3) is 11.1 Å². The Labute approximate surface area is 80.5 Å². The topological polar surface area (TPSA) is 0 Å². The molecule has 2 rings (SSSR count). The highest BCUT2D eigenvalue weighted by Crippen LogP contribution is 2.31. The third kappa shape index (κ3) is 1.21. The zero-order chi connectivity index (χ0) is 8.55. The molecule has 0 aliphatic carbocycles. The Morgan fingerprint density at radius 1 is 0.750 bits per heavy atom. The smallest absolute Gasteiger partial charge is 0.00116 e. The molecule has 0 amide bonds.